The van der Waals surface area contributed by atoms with E-state index in [9.17, 15) is 5.11 Å². The van der Waals surface area contributed by atoms with E-state index in [0.717, 1.165) is 4.60 Å². The van der Waals surface area contributed by atoms with Crippen molar-refractivity contribution in [3.63, 3.8) is 0 Å². The fourth-order valence-corrected chi connectivity index (χ4v) is 1.32. The Bertz CT molecular complexity index is 297. The van der Waals surface area contributed by atoms with E-state index in [2.05, 4.69) is 20.9 Å². The molecule has 0 aliphatic rings. The molecular weight excluding hydrogens is 246 g/mol. The summed E-state index contributed by atoms with van der Waals surface area (Å²) >= 11 is 3.22. The third-order valence-corrected chi connectivity index (χ3v) is 2.68. The summed E-state index contributed by atoms with van der Waals surface area (Å²) in [5.41, 5.74) is 0.169. The molecule has 0 aromatic carbocycles. The summed E-state index contributed by atoms with van der Waals surface area (Å²) in [6.45, 7) is 3.55. The third-order valence-electron chi connectivity index (χ3n) is 2.21. The van der Waals surface area contributed by atoms with Gasteiger partial charge in [-0.05, 0) is 27.6 Å². The molecular formula is C10H14BrNO2. The molecule has 1 unspecified atom stereocenters. The smallest absolute Gasteiger partial charge is 0.106 e. The summed E-state index contributed by atoms with van der Waals surface area (Å²) in [6, 6.07) is 3.56. The predicted molar refractivity (Wildman–Crippen MR) is 57.8 cm³/mol. The van der Waals surface area contributed by atoms with Crippen LogP contribution >= 0.6 is 15.9 Å². The van der Waals surface area contributed by atoms with Crippen LogP contribution < -0.4 is 0 Å². The molecule has 1 rings (SSSR count). The van der Waals surface area contributed by atoms with Crippen molar-refractivity contribution in [2.75, 3.05) is 6.61 Å². The van der Waals surface area contributed by atoms with Crippen LogP contribution in [0, 0.1) is 5.41 Å². The Morgan fingerprint density at radius 1 is 1.50 bits per heavy atom. The van der Waals surface area contributed by atoms with Crippen LogP contribution in [0.5, 0.6) is 0 Å². The molecule has 0 radical (unpaired) electrons. The Morgan fingerprint density at radius 3 is 2.57 bits per heavy atom. The lowest BCUT2D eigenvalue weighted by Crippen LogP contribution is -2.26. The fourth-order valence-electron chi connectivity index (χ4n) is 1.09. The van der Waals surface area contributed by atoms with Gasteiger partial charge in [-0.1, -0.05) is 19.9 Å². The summed E-state index contributed by atoms with van der Waals surface area (Å²) in [5.74, 6) is 0. The molecule has 0 fully saturated rings. The standard InChI is InChI=1S/C10H14BrNO2/c1-10(2,6-13)9(14)7-3-4-8(11)12-5-7/h3-5,9,13-14H,6H2,1-2H3. The van der Waals surface area contributed by atoms with Gasteiger partial charge in [0.1, 0.15) is 4.60 Å². The van der Waals surface area contributed by atoms with Gasteiger partial charge in [0.05, 0.1) is 12.7 Å². The minimum atomic E-state index is -0.701. The second-order valence-electron chi connectivity index (χ2n) is 3.96. The normalized spacial score (nSPS) is 14.1. The summed E-state index contributed by atoms with van der Waals surface area (Å²) < 4.78 is 0.732. The molecule has 0 aliphatic heterocycles. The molecule has 0 amide bonds. The van der Waals surface area contributed by atoms with Crippen molar-refractivity contribution in [2.24, 2.45) is 5.41 Å². The van der Waals surface area contributed by atoms with E-state index in [-0.39, 0.29) is 6.61 Å². The number of hydrogen-bond acceptors (Lipinski definition) is 3. The lowest BCUT2D eigenvalue weighted by molar-refractivity contribution is 0.00617. The van der Waals surface area contributed by atoms with Crippen molar-refractivity contribution in [3.8, 4) is 0 Å². The maximum Gasteiger partial charge on any atom is 0.106 e. The minimum absolute atomic E-state index is 0.0652. The van der Waals surface area contributed by atoms with Gasteiger partial charge < -0.3 is 10.2 Å². The van der Waals surface area contributed by atoms with E-state index in [0.29, 0.717) is 5.56 Å². The van der Waals surface area contributed by atoms with Gasteiger partial charge in [0, 0.05) is 11.6 Å². The first kappa shape index (κ1) is 11.6. The number of hydrogen-bond donors (Lipinski definition) is 2. The topological polar surface area (TPSA) is 53.4 Å². The largest absolute Gasteiger partial charge is 0.396 e. The van der Waals surface area contributed by atoms with Gasteiger partial charge in [0.2, 0.25) is 0 Å². The van der Waals surface area contributed by atoms with Crippen LogP contribution in [0.4, 0.5) is 0 Å². The van der Waals surface area contributed by atoms with Crippen LogP contribution in [0.15, 0.2) is 22.9 Å². The Hall–Kier alpha value is -0.450. The number of aliphatic hydroxyl groups is 2. The van der Waals surface area contributed by atoms with Gasteiger partial charge in [-0.25, -0.2) is 4.98 Å². The lowest BCUT2D eigenvalue weighted by Gasteiger charge is -2.28. The summed E-state index contributed by atoms with van der Waals surface area (Å²) in [6.07, 6.45) is 0.902. The van der Waals surface area contributed by atoms with Crippen LogP contribution in [0.25, 0.3) is 0 Å². The lowest BCUT2D eigenvalue weighted by atomic mass is 9.84. The van der Waals surface area contributed by atoms with E-state index in [4.69, 9.17) is 5.11 Å². The van der Waals surface area contributed by atoms with Gasteiger partial charge in [-0.15, -0.1) is 0 Å². The zero-order valence-corrected chi connectivity index (χ0v) is 9.82. The van der Waals surface area contributed by atoms with Crippen molar-refractivity contribution in [1.29, 1.82) is 0 Å². The third kappa shape index (κ3) is 2.53. The number of halogens is 1. The molecule has 14 heavy (non-hydrogen) atoms. The second kappa shape index (κ2) is 4.38. The second-order valence-corrected chi connectivity index (χ2v) is 4.78. The van der Waals surface area contributed by atoms with Gasteiger partial charge in [0.15, 0.2) is 0 Å². The molecule has 1 heterocycles. The van der Waals surface area contributed by atoms with Crippen molar-refractivity contribution >= 4 is 15.9 Å². The monoisotopic (exact) mass is 259 g/mol. The average Bonchev–Trinajstić information content (AvgIpc) is 2.18. The number of rotatable bonds is 3. The fraction of sp³-hybridized carbons (Fsp3) is 0.500. The molecule has 1 aromatic rings. The molecule has 0 aliphatic carbocycles. The Kier molecular flexibility index (Phi) is 3.64. The van der Waals surface area contributed by atoms with Gasteiger partial charge in [0.25, 0.3) is 0 Å². The van der Waals surface area contributed by atoms with E-state index < -0.39 is 11.5 Å². The maximum atomic E-state index is 9.92. The molecule has 0 saturated carbocycles. The van der Waals surface area contributed by atoms with E-state index in [1.165, 1.54) is 0 Å². The van der Waals surface area contributed by atoms with Crippen LogP contribution in [-0.2, 0) is 0 Å². The zero-order valence-electron chi connectivity index (χ0n) is 8.24. The van der Waals surface area contributed by atoms with Crippen LogP contribution in [-0.4, -0.2) is 21.8 Å². The molecule has 4 heteroatoms. The molecule has 3 nitrogen and oxygen atoms in total. The molecule has 0 spiro atoms. The maximum absolute atomic E-state index is 9.92. The quantitative estimate of drug-likeness (QED) is 0.816. The van der Waals surface area contributed by atoms with Gasteiger partial charge in [-0.2, -0.15) is 0 Å². The Morgan fingerprint density at radius 2 is 2.14 bits per heavy atom. The zero-order chi connectivity index (χ0) is 10.8. The SMILES string of the molecule is CC(C)(CO)C(O)c1ccc(Br)nc1. The summed E-state index contributed by atoms with van der Waals surface area (Å²) in [4.78, 5) is 4.02. The molecule has 1 atom stereocenters. The molecule has 0 saturated heterocycles. The van der Waals surface area contributed by atoms with E-state index in [1.54, 1.807) is 32.2 Å². The van der Waals surface area contributed by atoms with Crippen LogP contribution in [0.3, 0.4) is 0 Å². The van der Waals surface area contributed by atoms with E-state index in [1.807, 2.05) is 0 Å². The first-order valence-electron chi connectivity index (χ1n) is 4.38. The summed E-state index contributed by atoms with van der Waals surface area (Å²) in [7, 11) is 0. The molecule has 1 aromatic heterocycles. The van der Waals surface area contributed by atoms with Crippen molar-refractivity contribution in [2.45, 2.75) is 20.0 Å². The van der Waals surface area contributed by atoms with Gasteiger partial charge in [-0.3, -0.25) is 0 Å². The number of pyridine rings is 1. The molecule has 2 N–H and O–H groups in total. The number of aromatic nitrogens is 1. The summed E-state index contributed by atoms with van der Waals surface area (Å²) in [5, 5.41) is 19.0. The number of nitrogens with zero attached hydrogens (tertiary/aromatic N) is 1. The first-order chi connectivity index (χ1) is 6.47. The Labute approximate surface area is 91.9 Å². The first-order valence-corrected chi connectivity index (χ1v) is 5.17. The molecule has 0 bridgehead atoms. The highest BCUT2D eigenvalue weighted by Gasteiger charge is 2.28. The van der Waals surface area contributed by atoms with Gasteiger partial charge >= 0.3 is 0 Å². The highest BCUT2D eigenvalue weighted by Crippen LogP contribution is 2.32. The van der Waals surface area contributed by atoms with Crippen molar-refractivity contribution in [1.82, 2.24) is 4.98 Å². The predicted octanol–water partition coefficient (Wildman–Crippen LogP) is 1.90. The van der Waals surface area contributed by atoms with Crippen LogP contribution in [0.2, 0.25) is 0 Å². The highest BCUT2D eigenvalue weighted by molar-refractivity contribution is 9.10. The highest BCUT2D eigenvalue weighted by atomic mass is 79.9. The minimum Gasteiger partial charge on any atom is -0.396 e. The average molecular weight is 260 g/mol. The Balaban J connectivity index is 2.89. The molecule has 78 valence electrons. The van der Waals surface area contributed by atoms with Crippen molar-refractivity contribution < 1.29 is 10.2 Å². The number of aliphatic hydroxyl groups excluding tert-OH is 2. The van der Waals surface area contributed by atoms with Crippen LogP contribution in [0.1, 0.15) is 25.5 Å². The van der Waals surface area contributed by atoms with E-state index >= 15 is 0 Å². The van der Waals surface area contributed by atoms with Crippen molar-refractivity contribution in [3.05, 3.63) is 28.5 Å².